The zero-order chi connectivity index (χ0) is 18.0. The number of carbonyl (C=O) groups is 1. The number of rotatable bonds is 4. The van der Waals surface area contributed by atoms with Gasteiger partial charge in [0.1, 0.15) is 5.76 Å². The SMILES string of the molecule is CC1=NN(c2ccc(S(N)(=O)=O)cc2)C(=O)C1=CC=Cc1ccco1. The Morgan fingerprint density at radius 2 is 1.92 bits per heavy atom. The second kappa shape index (κ2) is 6.50. The second-order valence-electron chi connectivity index (χ2n) is 5.30. The average Bonchev–Trinajstić information content (AvgIpc) is 3.17. The van der Waals surface area contributed by atoms with Crippen LogP contribution in [0.3, 0.4) is 0 Å². The Morgan fingerprint density at radius 1 is 1.20 bits per heavy atom. The minimum absolute atomic E-state index is 0.0271. The highest BCUT2D eigenvalue weighted by Crippen LogP contribution is 2.24. The summed E-state index contributed by atoms with van der Waals surface area (Å²) in [6.07, 6.45) is 6.66. The molecule has 1 aliphatic heterocycles. The number of benzene rings is 1. The maximum absolute atomic E-state index is 12.5. The summed E-state index contributed by atoms with van der Waals surface area (Å²) in [5.41, 5.74) is 1.46. The molecule has 25 heavy (non-hydrogen) atoms. The summed E-state index contributed by atoms with van der Waals surface area (Å²) in [6.45, 7) is 1.73. The lowest BCUT2D eigenvalue weighted by molar-refractivity contribution is -0.114. The largest absolute Gasteiger partial charge is 0.465 e. The lowest BCUT2D eigenvalue weighted by atomic mass is 10.1. The van der Waals surface area contributed by atoms with Gasteiger partial charge >= 0.3 is 0 Å². The molecule has 128 valence electrons. The number of amides is 1. The van der Waals surface area contributed by atoms with E-state index in [2.05, 4.69) is 5.10 Å². The predicted molar refractivity (Wildman–Crippen MR) is 94.2 cm³/mol. The van der Waals surface area contributed by atoms with Crippen LogP contribution in [-0.4, -0.2) is 20.0 Å². The number of hydrogen-bond donors (Lipinski definition) is 1. The van der Waals surface area contributed by atoms with Crippen LogP contribution in [-0.2, 0) is 14.8 Å². The molecule has 0 atom stereocenters. The highest BCUT2D eigenvalue weighted by atomic mass is 32.2. The third-order valence-electron chi connectivity index (χ3n) is 3.54. The van der Waals surface area contributed by atoms with Crippen molar-refractivity contribution in [2.75, 3.05) is 5.01 Å². The van der Waals surface area contributed by atoms with Crippen molar-refractivity contribution in [3.8, 4) is 0 Å². The van der Waals surface area contributed by atoms with Gasteiger partial charge in [-0.25, -0.2) is 13.6 Å². The van der Waals surface area contributed by atoms with Gasteiger partial charge in [0, 0.05) is 0 Å². The number of anilines is 1. The van der Waals surface area contributed by atoms with Gasteiger partial charge in [0.2, 0.25) is 10.0 Å². The number of hydrogen-bond acceptors (Lipinski definition) is 5. The lowest BCUT2D eigenvalue weighted by Gasteiger charge is -2.11. The summed E-state index contributed by atoms with van der Waals surface area (Å²) in [5.74, 6) is 0.372. The highest BCUT2D eigenvalue weighted by molar-refractivity contribution is 7.89. The molecule has 0 fully saturated rings. The Bertz CT molecular complexity index is 985. The average molecular weight is 357 g/mol. The molecular weight excluding hydrogens is 342 g/mol. The molecule has 3 rings (SSSR count). The smallest absolute Gasteiger partial charge is 0.280 e. The number of primary sulfonamides is 1. The van der Waals surface area contributed by atoms with Crippen molar-refractivity contribution in [2.45, 2.75) is 11.8 Å². The molecule has 1 aromatic carbocycles. The topological polar surface area (TPSA) is 106 Å². The van der Waals surface area contributed by atoms with E-state index in [-0.39, 0.29) is 10.8 Å². The molecule has 0 saturated carbocycles. The number of furan rings is 1. The molecule has 0 saturated heterocycles. The zero-order valence-corrected chi connectivity index (χ0v) is 14.1. The van der Waals surface area contributed by atoms with Crippen molar-refractivity contribution < 1.29 is 17.6 Å². The van der Waals surface area contributed by atoms with Crippen LogP contribution in [0.25, 0.3) is 6.08 Å². The summed E-state index contributed by atoms with van der Waals surface area (Å²) in [7, 11) is -3.78. The van der Waals surface area contributed by atoms with E-state index in [0.717, 1.165) is 0 Å². The van der Waals surface area contributed by atoms with Gasteiger partial charge in [-0.05, 0) is 55.5 Å². The normalized spacial score (nSPS) is 16.9. The van der Waals surface area contributed by atoms with Gasteiger partial charge in [0.15, 0.2) is 0 Å². The first-order valence-corrected chi connectivity index (χ1v) is 8.85. The Hall–Kier alpha value is -2.97. The molecule has 0 bridgehead atoms. The minimum atomic E-state index is -3.78. The number of nitrogens with two attached hydrogens (primary N) is 1. The number of hydrazone groups is 1. The standard InChI is InChI=1S/C17H15N3O4S/c1-12-16(6-2-4-14-5-3-11-24-14)17(21)20(19-12)13-7-9-15(10-8-13)25(18,22)23/h2-11H,1H3,(H2,18,22,23). The molecule has 2 heterocycles. The first-order chi connectivity index (χ1) is 11.9. The Labute approximate surface area is 144 Å². The Balaban J connectivity index is 1.82. The summed E-state index contributed by atoms with van der Waals surface area (Å²) in [6, 6.07) is 9.20. The van der Waals surface area contributed by atoms with Crippen LogP contribution in [0.1, 0.15) is 12.7 Å². The molecule has 0 unspecified atom stereocenters. The minimum Gasteiger partial charge on any atom is -0.465 e. The van der Waals surface area contributed by atoms with E-state index in [1.165, 1.54) is 29.3 Å². The highest BCUT2D eigenvalue weighted by Gasteiger charge is 2.28. The number of nitrogens with zero attached hydrogens (tertiary/aromatic N) is 2. The summed E-state index contributed by atoms with van der Waals surface area (Å²) < 4.78 is 27.8. The maximum Gasteiger partial charge on any atom is 0.280 e. The molecule has 1 aromatic heterocycles. The van der Waals surface area contributed by atoms with Crippen molar-refractivity contribution in [3.63, 3.8) is 0 Å². The first kappa shape index (κ1) is 16.9. The molecule has 1 aliphatic rings. The quantitative estimate of drug-likeness (QED) is 0.847. The molecule has 7 nitrogen and oxygen atoms in total. The van der Waals surface area contributed by atoms with Gasteiger partial charge in [-0.2, -0.15) is 10.1 Å². The predicted octanol–water partition coefficient (Wildman–Crippen LogP) is 2.29. The molecule has 2 N–H and O–H groups in total. The molecule has 0 radical (unpaired) electrons. The van der Waals surface area contributed by atoms with Crippen molar-refractivity contribution in [3.05, 3.63) is 66.1 Å². The fraction of sp³-hybridized carbons (Fsp3) is 0.0588. The van der Waals surface area contributed by atoms with Gasteiger partial charge in [-0.3, -0.25) is 4.79 Å². The van der Waals surface area contributed by atoms with E-state index >= 15 is 0 Å². The van der Waals surface area contributed by atoms with Crippen LogP contribution in [0.2, 0.25) is 0 Å². The molecular formula is C17H15N3O4S. The Kier molecular flexibility index (Phi) is 4.39. The van der Waals surface area contributed by atoms with Crippen LogP contribution in [0.4, 0.5) is 5.69 Å². The molecule has 2 aromatic rings. The summed E-state index contributed by atoms with van der Waals surface area (Å²) in [5, 5.41) is 10.5. The fourth-order valence-corrected chi connectivity index (χ4v) is 2.80. The van der Waals surface area contributed by atoms with E-state index in [1.54, 1.807) is 43.5 Å². The lowest BCUT2D eigenvalue weighted by Crippen LogP contribution is -2.21. The van der Waals surface area contributed by atoms with E-state index < -0.39 is 10.0 Å². The van der Waals surface area contributed by atoms with E-state index in [1.807, 2.05) is 0 Å². The van der Waals surface area contributed by atoms with Gasteiger partial charge < -0.3 is 4.42 Å². The molecule has 0 spiro atoms. The molecule has 1 amide bonds. The van der Waals surface area contributed by atoms with Crippen LogP contribution >= 0.6 is 0 Å². The van der Waals surface area contributed by atoms with Crippen molar-refractivity contribution in [1.29, 1.82) is 0 Å². The fourth-order valence-electron chi connectivity index (χ4n) is 2.29. The monoisotopic (exact) mass is 357 g/mol. The molecule has 8 heteroatoms. The van der Waals surface area contributed by atoms with Gasteiger partial charge in [0.25, 0.3) is 5.91 Å². The van der Waals surface area contributed by atoms with Crippen molar-refractivity contribution >= 4 is 33.4 Å². The van der Waals surface area contributed by atoms with Crippen molar-refractivity contribution in [2.24, 2.45) is 10.2 Å². The third kappa shape index (κ3) is 3.59. The number of carbonyl (C=O) groups excluding carboxylic acids is 1. The number of allylic oxidation sites excluding steroid dienone is 2. The van der Waals surface area contributed by atoms with Gasteiger partial charge in [-0.15, -0.1) is 0 Å². The number of sulfonamides is 1. The maximum atomic E-state index is 12.5. The first-order valence-electron chi connectivity index (χ1n) is 7.31. The summed E-state index contributed by atoms with van der Waals surface area (Å²) in [4.78, 5) is 12.5. The van der Waals surface area contributed by atoms with Crippen LogP contribution in [0.15, 0.2) is 74.8 Å². The van der Waals surface area contributed by atoms with Crippen molar-refractivity contribution in [1.82, 2.24) is 0 Å². The zero-order valence-electron chi connectivity index (χ0n) is 13.3. The van der Waals surface area contributed by atoms with Gasteiger partial charge in [0.05, 0.1) is 28.1 Å². The van der Waals surface area contributed by atoms with Crippen LogP contribution in [0, 0.1) is 0 Å². The van der Waals surface area contributed by atoms with E-state index in [0.29, 0.717) is 22.7 Å². The third-order valence-corrected chi connectivity index (χ3v) is 4.47. The van der Waals surface area contributed by atoms with Crippen LogP contribution in [0.5, 0.6) is 0 Å². The van der Waals surface area contributed by atoms with Crippen LogP contribution < -0.4 is 10.1 Å². The van der Waals surface area contributed by atoms with Gasteiger partial charge in [-0.1, -0.05) is 6.08 Å². The molecule has 0 aliphatic carbocycles. The van der Waals surface area contributed by atoms with E-state index in [9.17, 15) is 13.2 Å². The van der Waals surface area contributed by atoms with E-state index in [4.69, 9.17) is 9.56 Å². The summed E-state index contributed by atoms with van der Waals surface area (Å²) >= 11 is 0. The second-order valence-corrected chi connectivity index (χ2v) is 6.86. The Morgan fingerprint density at radius 3 is 2.52 bits per heavy atom.